The fourth-order valence-corrected chi connectivity index (χ4v) is 2.26. The van der Waals surface area contributed by atoms with Gasteiger partial charge in [-0.25, -0.2) is 0 Å². The third-order valence-corrected chi connectivity index (χ3v) is 3.45. The zero-order chi connectivity index (χ0) is 15.4. The van der Waals surface area contributed by atoms with E-state index in [0.717, 1.165) is 17.0 Å². The Hall–Kier alpha value is -2.01. The minimum absolute atomic E-state index is 0.115. The number of anilines is 1. The number of benzene rings is 1. The molecule has 1 heterocycles. The lowest BCUT2D eigenvalue weighted by molar-refractivity contribution is -0.116. The van der Waals surface area contributed by atoms with E-state index >= 15 is 0 Å². The van der Waals surface area contributed by atoms with Crippen LogP contribution in [0.2, 0.25) is 5.02 Å². The average molecular weight is 309 g/mol. The molecule has 2 rings (SSSR count). The van der Waals surface area contributed by atoms with Crippen LogP contribution in [0.4, 0.5) is 5.69 Å². The first kappa shape index (κ1) is 15.4. The molecule has 0 aliphatic carbocycles. The molecule has 0 radical (unpaired) electrons. The highest BCUT2D eigenvalue weighted by Crippen LogP contribution is 2.27. The molecule has 112 valence electrons. The Balaban J connectivity index is 2.01. The Bertz CT molecular complexity index is 633. The summed E-state index contributed by atoms with van der Waals surface area (Å²) in [6.45, 7) is 3.71. The molecule has 0 saturated heterocycles. The topological polar surface area (TPSA) is 64.4 Å². The van der Waals surface area contributed by atoms with Gasteiger partial charge in [0.15, 0.2) is 0 Å². The van der Waals surface area contributed by atoms with Crippen molar-refractivity contribution in [1.82, 2.24) is 5.16 Å². The van der Waals surface area contributed by atoms with Crippen molar-refractivity contribution in [1.29, 1.82) is 0 Å². The number of rotatable bonds is 5. The number of hydrogen-bond donors (Lipinski definition) is 1. The number of amides is 1. The van der Waals surface area contributed by atoms with Crippen molar-refractivity contribution in [3.8, 4) is 5.75 Å². The first-order chi connectivity index (χ1) is 10.0. The van der Waals surface area contributed by atoms with Crippen molar-refractivity contribution >= 4 is 23.2 Å². The van der Waals surface area contributed by atoms with Crippen molar-refractivity contribution in [2.45, 2.75) is 26.7 Å². The highest BCUT2D eigenvalue weighted by molar-refractivity contribution is 6.31. The van der Waals surface area contributed by atoms with E-state index < -0.39 is 0 Å². The number of ether oxygens (including phenoxy) is 1. The summed E-state index contributed by atoms with van der Waals surface area (Å²) in [5.41, 5.74) is 2.36. The van der Waals surface area contributed by atoms with Gasteiger partial charge in [0, 0.05) is 17.0 Å². The Morgan fingerprint density at radius 2 is 2.19 bits per heavy atom. The molecule has 21 heavy (non-hydrogen) atoms. The molecule has 1 aromatic carbocycles. The van der Waals surface area contributed by atoms with Gasteiger partial charge in [0.25, 0.3) is 0 Å². The van der Waals surface area contributed by atoms with Crippen LogP contribution in [0.1, 0.15) is 23.4 Å². The second kappa shape index (κ2) is 6.63. The average Bonchev–Trinajstić information content (AvgIpc) is 2.76. The van der Waals surface area contributed by atoms with Crippen LogP contribution in [-0.2, 0) is 11.2 Å². The van der Waals surface area contributed by atoms with Gasteiger partial charge in [-0.2, -0.15) is 0 Å². The molecule has 1 N–H and O–H groups in total. The van der Waals surface area contributed by atoms with Crippen LogP contribution in [0.3, 0.4) is 0 Å². The first-order valence-corrected chi connectivity index (χ1v) is 6.94. The smallest absolute Gasteiger partial charge is 0.224 e. The van der Waals surface area contributed by atoms with Gasteiger partial charge in [0.2, 0.25) is 5.91 Å². The largest absolute Gasteiger partial charge is 0.495 e. The molecule has 0 saturated carbocycles. The molecule has 0 spiro atoms. The molecule has 0 aliphatic heterocycles. The molecule has 1 amide bonds. The summed E-state index contributed by atoms with van der Waals surface area (Å²) in [5, 5.41) is 7.22. The van der Waals surface area contributed by atoms with Gasteiger partial charge >= 0.3 is 0 Å². The van der Waals surface area contributed by atoms with Gasteiger partial charge in [-0.05, 0) is 38.5 Å². The molecular weight excluding hydrogens is 292 g/mol. The Morgan fingerprint density at radius 3 is 2.81 bits per heavy atom. The zero-order valence-electron chi connectivity index (χ0n) is 12.2. The quantitative estimate of drug-likeness (QED) is 0.917. The monoisotopic (exact) mass is 308 g/mol. The number of methoxy groups -OCH3 is 1. The maximum atomic E-state index is 12.0. The Labute approximate surface area is 128 Å². The Morgan fingerprint density at radius 1 is 1.43 bits per heavy atom. The van der Waals surface area contributed by atoms with Crippen LogP contribution in [-0.4, -0.2) is 18.2 Å². The van der Waals surface area contributed by atoms with E-state index in [1.165, 1.54) is 0 Å². The fourth-order valence-electron chi connectivity index (χ4n) is 2.09. The van der Waals surface area contributed by atoms with E-state index in [1.807, 2.05) is 13.8 Å². The number of carbonyl (C=O) groups excluding carboxylic acids is 1. The van der Waals surface area contributed by atoms with Gasteiger partial charge in [-0.15, -0.1) is 0 Å². The normalized spacial score (nSPS) is 10.5. The lowest BCUT2D eigenvalue weighted by Crippen LogP contribution is -2.13. The number of aryl methyl sites for hydroxylation is 2. The van der Waals surface area contributed by atoms with E-state index in [2.05, 4.69) is 10.5 Å². The summed E-state index contributed by atoms with van der Waals surface area (Å²) in [6, 6.07) is 5.08. The molecule has 0 bridgehead atoms. The lowest BCUT2D eigenvalue weighted by Gasteiger charge is -2.10. The number of nitrogens with one attached hydrogen (secondary N) is 1. The molecular formula is C15H17ClN2O3. The standard InChI is InChI=1S/C15H17ClN2O3/c1-9-12(10(2)21-18-9)5-7-15(19)17-13-8-11(16)4-6-14(13)20-3/h4,6,8H,5,7H2,1-3H3,(H,17,19). The number of aromatic nitrogens is 1. The van der Waals surface area contributed by atoms with E-state index in [9.17, 15) is 4.79 Å². The summed E-state index contributed by atoms with van der Waals surface area (Å²) >= 11 is 5.93. The molecule has 6 heteroatoms. The van der Waals surface area contributed by atoms with E-state index in [1.54, 1.807) is 25.3 Å². The van der Waals surface area contributed by atoms with Crippen molar-refractivity contribution in [3.63, 3.8) is 0 Å². The van der Waals surface area contributed by atoms with E-state index in [4.69, 9.17) is 20.9 Å². The number of nitrogens with zero attached hydrogens (tertiary/aromatic N) is 1. The molecule has 1 aromatic heterocycles. The molecule has 0 atom stereocenters. The van der Waals surface area contributed by atoms with Crippen LogP contribution in [0.25, 0.3) is 0 Å². The van der Waals surface area contributed by atoms with Gasteiger partial charge in [0.05, 0.1) is 18.5 Å². The first-order valence-electron chi connectivity index (χ1n) is 6.56. The number of hydrogen-bond acceptors (Lipinski definition) is 4. The second-order valence-electron chi connectivity index (χ2n) is 4.70. The summed E-state index contributed by atoms with van der Waals surface area (Å²) in [5.74, 6) is 1.21. The van der Waals surface area contributed by atoms with Gasteiger partial charge in [-0.3, -0.25) is 4.79 Å². The molecule has 0 fully saturated rings. The summed E-state index contributed by atoms with van der Waals surface area (Å²) < 4.78 is 10.3. The van der Waals surface area contributed by atoms with E-state index in [0.29, 0.717) is 29.3 Å². The highest BCUT2D eigenvalue weighted by Gasteiger charge is 2.13. The molecule has 0 aliphatic rings. The van der Waals surface area contributed by atoms with Crippen LogP contribution in [0.15, 0.2) is 22.7 Å². The predicted molar refractivity (Wildman–Crippen MR) is 80.9 cm³/mol. The van der Waals surface area contributed by atoms with Crippen molar-refractivity contribution < 1.29 is 14.1 Å². The van der Waals surface area contributed by atoms with Crippen LogP contribution in [0, 0.1) is 13.8 Å². The highest BCUT2D eigenvalue weighted by atomic mass is 35.5. The lowest BCUT2D eigenvalue weighted by atomic mass is 10.1. The minimum atomic E-state index is -0.115. The summed E-state index contributed by atoms with van der Waals surface area (Å²) in [4.78, 5) is 12.0. The van der Waals surface area contributed by atoms with Crippen molar-refractivity contribution in [3.05, 3.63) is 40.2 Å². The fraction of sp³-hybridized carbons (Fsp3) is 0.333. The number of carbonyl (C=O) groups is 1. The molecule has 0 unspecified atom stereocenters. The maximum Gasteiger partial charge on any atom is 0.224 e. The number of halogens is 1. The maximum absolute atomic E-state index is 12.0. The van der Waals surface area contributed by atoms with Crippen molar-refractivity contribution in [2.24, 2.45) is 0 Å². The zero-order valence-corrected chi connectivity index (χ0v) is 13.0. The predicted octanol–water partition coefficient (Wildman–Crippen LogP) is 3.52. The second-order valence-corrected chi connectivity index (χ2v) is 5.13. The third-order valence-electron chi connectivity index (χ3n) is 3.22. The molecule has 5 nitrogen and oxygen atoms in total. The van der Waals surface area contributed by atoms with Crippen LogP contribution < -0.4 is 10.1 Å². The summed E-state index contributed by atoms with van der Waals surface area (Å²) in [7, 11) is 1.54. The van der Waals surface area contributed by atoms with Gasteiger partial charge in [0.1, 0.15) is 11.5 Å². The Kier molecular flexibility index (Phi) is 4.85. The van der Waals surface area contributed by atoms with E-state index in [-0.39, 0.29) is 5.91 Å². The third kappa shape index (κ3) is 3.76. The van der Waals surface area contributed by atoms with Gasteiger partial charge in [-0.1, -0.05) is 16.8 Å². The van der Waals surface area contributed by atoms with Gasteiger partial charge < -0.3 is 14.6 Å². The summed E-state index contributed by atoms with van der Waals surface area (Å²) in [6.07, 6.45) is 0.911. The van der Waals surface area contributed by atoms with Crippen molar-refractivity contribution in [2.75, 3.05) is 12.4 Å². The molecule has 2 aromatic rings. The van der Waals surface area contributed by atoms with Crippen LogP contribution in [0.5, 0.6) is 5.75 Å². The minimum Gasteiger partial charge on any atom is -0.495 e. The SMILES string of the molecule is COc1ccc(Cl)cc1NC(=O)CCc1c(C)noc1C. The van der Waals surface area contributed by atoms with Crippen LogP contribution >= 0.6 is 11.6 Å².